The van der Waals surface area contributed by atoms with Crippen LogP contribution < -0.4 is 11.1 Å². The Morgan fingerprint density at radius 3 is 1.97 bits per heavy atom. The maximum absolute atomic E-state index is 11.5. The Labute approximate surface area is 171 Å². The van der Waals surface area contributed by atoms with Crippen LogP contribution in [0, 0.1) is 0 Å². The minimum atomic E-state index is -5.36. The molecule has 0 aliphatic carbocycles. The molecule has 5 atom stereocenters. The minimum absolute atomic E-state index is 0.104. The number of ether oxygens (including phenoxy) is 2. The van der Waals surface area contributed by atoms with E-state index in [0.29, 0.717) is 0 Å². The molecule has 0 aromatic heterocycles. The molecule has 20 heteroatoms. The normalized spacial score (nSPS) is 28.2. The maximum atomic E-state index is 11.5. The van der Waals surface area contributed by atoms with Gasteiger partial charge in [0.05, 0.1) is 13.2 Å². The monoisotopic (exact) mass is 504 g/mol. The first-order valence-corrected chi connectivity index (χ1v) is 11.8. The van der Waals surface area contributed by atoms with Gasteiger partial charge in [0.25, 0.3) is 0 Å². The van der Waals surface area contributed by atoms with Crippen LogP contribution in [0.2, 0.25) is 0 Å². The van der Waals surface area contributed by atoms with E-state index >= 15 is 0 Å². The third-order valence-corrected chi connectivity index (χ3v) is 4.63. The molecule has 0 aromatic rings. The van der Waals surface area contributed by atoms with Gasteiger partial charge in [0, 0.05) is 13.5 Å². The summed E-state index contributed by atoms with van der Waals surface area (Å²) in [7, 11) is -15.8. The van der Waals surface area contributed by atoms with E-state index in [9.17, 15) is 30.0 Å². The average molecular weight is 504 g/mol. The van der Waals surface area contributed by atoms with Gasteiger partial charge in [-0.25, -0.2) is 12.5 Å². The first-order valence-electron chi connectivity index (χ1n) is 7.70. The van der Waals surface area contributed by atoms with Crippen LogP contribution in [0.25, 0.3) is 0 Å². The van der Waals surface area contributed by atoms with Crippen molar-refractivity contribution in [1.82, 2.24) is 5.32 Å². The molecule has 0 saturated carbocycles. The lowest BCUT2D eigenvalue weighted by atomic mass is 9.97. The summed E-state index contributed by atoms with van der Waals surface area (Å²) in [5, 5.41) is 2.13. The van der Waals surface area contributed by atoms with Crippen LogP contribution in [0.4, 0.5) is 0 Å². The molecule has 178 valence electrons. The second-order valence-corrected chi connectivity index (χ2v) is 8.81. The third-order valence-electron chi connectivity index (χ3n) is 3.26. The van der Waals surface area contributed by atoms with Gasteiger partial charge in [-0.05, 0) is 0 Å². The van der Waals surface area contributed by atoms with Gasteiger partial charge >= 0.3 is 31.2 Å². The highest BCUT2D eigenvalue weighted by Crippen LogP contribution is 2.29. The van der Waals surface area contributed by atoms with E-state index in [4.69, 9.17) is 28.9 Å². The molecule has 0 spiro atoms. The fourth-order valence-corrected chi connectivity index (χ4v) is 3.75. The zero-order valence-electron chi connectivity index (χ0n) is 15.1. The van der Waals surface area contributed by atoms with Gasteiger partial charge in [0.15, 0.2) is 6.29 Å². The lowest BCUT2D eigenvalue weighted by molar-refractivity contribution is -0.259. The second-order valence-electron chi connectivity index (χ2n) is 5.62. The van der Waals surface area contributed by atoms with Crippen LogP contribution in [-0.4, -0.2) is 95.2 Å². The predicted octanol–water partition coefficient (Wildman–Crippen LogP) is -3.61. The van der Waals surface area contributed by atoms with Crippen molar-refractivity contribution >= 4 is 37.1 Å². The summed E-state index contributed by atoms with van der Waals surface area (Å²) in [6.45, 7) is -0.584. The van der Waals surface area contributed by atoms with Crippen LogP contribution in [0.5, 0.6) is 0 Å². The van der Waals surface area contributed by atoms with Gasteiger partial charge in [0.2, 0.25) is 5.91 Å². The molecule has 0 bridgehead atoms. The van der Waals surface area contributed by atoms with E-state index < -0.39 is 74.4 Å². The van der Waals surface area contributed by atoms with Gasteiger partial charge in [-0.3, -0.25) is 18.5 Å². The van der Waals surface area contributed by atoms with Crippen molar-refractivity contribution in [3.63, 3.8) is 0 Å². The van der Waals surface area contributed by atoms with Gasteiger partial charge in [0.1, 0.15) is 24.4 Å². The van der Waals surface area contributed by atoms with Crippen molar-refractivity contribution in [3.05, 3.63) is 0 Å². The molecule has 1 saturated heterocycles. The highest BCUT2D eigenvalue weighted by atomic mass is 32.3. The number of nitrogens with one attached hydrogen (secondary N) is 1. The largest absolute Gasteiger partial charge is 0.397 e. The Balaban J connectivity index is 3.46. The van der Waals surface area contributed by atoms with Crippen molar-refractivity contribution in [1.29, 1.82) is 0 Å². The van der Waals surface area contributed by atoms with E-state index in [1.165, 1.54) is 0 Å². The predicted molar refractivity (Wildman–Crippen MR) is 91.6 cm³/mol. The molecule has 1 rings (SSSR count). The fourth-order valence-electron chi connectivity index (χ4n) is 2.42. The quantitative estimate of drug-likeness (QED) is 0.170. The SMILES string of the molecule is CC(=O)NC1C(OCCN)OC(COS(=O)(=O)O)C(OS(=O)(=O)O)C1OS(=O)(=O)O. The zero-order chi connectivity index (χ0) is 23.3. The third kappa shape index (κ3) is 9.84. The summed E-state index contributed by atoms with van der Waals surface area (Å²) < 4.78 is 117. The molecule has 1 aliphatic heterocycles. The Morgan fingerprint density at radius 2 is 1.53 bits per heavy atom. The van der Waals surface area contributed by atoms with Crippen LogP contribution >= 0.6 is 0 Å². The summed E-state index contributed by atoms with van der Waals surface area (Å²) >= 11 is 0. The highest BCUT2D eigenvalue weighted by Gasteiger charge is 2.52. The average Bonchev–Trinajstić information content (AvgIpc) is 2.52. The number of nitrogens with two attached hydrogens (primary N) is 1. The zero-order valence-corrected chi connectivity index (χ0v) is 17.5. The van der Waals surface area contributed by atoms with Crippen molar-refractivity contribution in [2.75, 3.05) is 19.8 Å². The molecule has 5 unspecified atom stereocenters. The number of rotatable bonds is 11. The minimum Gasteiger partial charge on any atom is -0.349 e. The van der Waals surface area contributed by atoms with Crippen molar-refractivity contribution < 1.29 is 65.7 Å². The number of carbonyl (C=O) groups excluding carboxylic acids is 1. The molecular weight excluding hydrogens is 484 g/mol. The van der Waals surface area contributed by atoms with Crippen LogP contribution in [0.3, 0.4) is 0 Å². The molecule has 17 nitrogen and oxygen atoms in total. The topological polar surface area (TPSA) is 264 Å². The van der Waals surface area contributed by atoms with Crippen molar-refractivity contribution in [2.24, 2.45) is 5.73 Å². The molecule has 30 heavy (non-hydrogen) atoms. The molecule has 1 amide bonds. The lowest BCUT2D eigenvalue weighted by Crippen LogP contribution is -2.66. The smallest absolute Gasteiger partial charge is 0.349 e. The molecule has 0 radical (unpaired) electrons. The molecule has 1 aliphatic rings. The Bertz CT molecular complexity index is 901. The van der Waals surface area contributed by atoms with Gasteiger partial charge in [-0.1, -0.05) is 0 Å². The molecule has 0 aromatic carbocycles. The second kappa shape index (κ2) is 10.5. The molecule has 1 fully saturated rings. The Kier molecular flexibility index (Phi) is 9.46. The number of hydrogen-bond donors (Lipinski definition) is 5. The van der Waals surface area contributed by atoms with E-state index in [0.717, 1.165) is 6.92 Å². The summed E-state index contributed by atoms with van der Waals surface area (Å²) in [4.78, 5) is 11.5. The van der Waals surface area contributed by atoms with E-state index in [1.807, 2.05) is 0 Å². The number of amides is 1. The molecule has 1 heterocycles. The van der Waals surface area contributed by atoms with Crippen LogP contribution in [0.15, 0.2) is 0 Å². The van der Waals surface area contributed by atoms with E-state index in [2.05, 4.69) is 17.9 Å². The number of carbonyl (C=O) groups is 1. The van der Waals surface area contributed by atoms with E-state index in [-0.39, 0.29) is 13.2 Å². The van der Waals surface area contributed by atoms with Crippen LogP contribution in [-0.2, 0) is 58.0 Å². The molecular formula is C10H20N2O15S3. The summed E-state index contributed by atoms with van der Waals surface area (Å²) in [6, 6.07) is -1.69. The summed E-state index contributed by atoms with van der Waals surface area (Å²) in [5.74, 6) is -0.827. The van der Waals surface area contributed by atoms with Gasteiger partial charge < -0.3 is 20.5 Å². The Hall–Kier alpha value is -1.04. The van der Waals surface area contributed by atoms with Crippen LogP contribution in [0.1, 0.15) is 6.92 Å². The first kappa shape index (κ1) is 27.0. The summed E-state index contributed by atoms with van der Waals surface area (Å²) in [5.41, 5.74) is 5.28. The van der Waals surface area contributed by atoms with Gasteiger partial charge in [-0.2, -0.15) is 25.3 Å². The summed E-state index contributed by atoms with van der Waals surface area (Å²) in [6.07, 6.45) is -7.98. The lowest BCUT2D eigenvalue weighted by Gasteiger charge is -2.44. The number of hydrogen-bond acceptors (Lipinski definition) is 13. The highest BCUT2D eigenvalue weighted by molar-refractivity contribution is 7.81. The standard InChI is InChI=1S/C10H20N2O15S3/c1-5(13)12-7-9(27-30(20,21)22)8(26-29(17,18)19)6(4-24-28(14,15)16)25-10(7)23-3-2-11/h6-10H,2-4,11H2,1H3,(H,12,13)(H,14,15,16)(H,17,18,19)(H,20,21,22). The van der Waals surface area contributed by atoms with E-state index in [1.54, 1.807) is 0 Å². The maximum Gasteiger partial charge on any atom is 0.397 e. The first-order chi connectivity index (χ1) is 13.5. The van der Waals surface area contributed by atoms with Crippen molar-refractivity contribution in [2.45, 2.75) is 37.6 Å². The Morgan fingerprint density at radius 1 is 1.00 bits per heavy atom. The van der Waals surface area contributed by atoms with Gasteiger partial charge in [-0.15, -0.1) is 0 Å². The fraction of sp³-hybridized carbons (Fsp3) is 0.900. The molecule has 6 N–H and O–H groups in total. The van der Waals surface area contributed by atoms with Crippen molar-refractivity contribution in [3.8, 4) is 0 Å².